The van der Waals surface area contributed by atoms with E-state index in [2.05, 4.69) is 21.3 Å². The van der Waals surface area contributed by atoms with Crippen LogP contribution in [0.15, 0.2) is 60.7 Å². The topological polar surface area (TPSA) is 312 Å². The average molecular weight is 1470 g/mol. The van der Waals surface area contributed by atoms with Gasteiger partial charge in [0.05, 0.1) is 25.7 Å². The molecule has 4 rings (SSSR count). The maximum atomic E-state index is 15.8. The summed E-state index contributed by atoms with van der Waals surface area (Å²) < 4.78 is 6.12. The van der Waals surface area contributed by atoms with Crippen molar-refractivity contribution in [3.8, 4) is 0 Å². The molecule has 5 N–H and O–H groups in total. The highest BCUT2D eigenvalue weighted by Gasteiger charge is 2.44. The molecule has 0 aromatic heterocycles. The third kappa shape index (κ3) is 27.4. The molecule has 27 nitrogen and oxygen atoms in total. The lowest BCUT2D eigenvalue weighted by Gasteiger charge is -2.38. The molecule has 588 valence electrons. The first-order chi connectivity index (χ1) is 49.3. The van der Waals surface area contributed by atoms with Gasteiger partial charge in [-0.2, -0.15) is 0 Å². The first kappa shape index (κ1) is 89.4. The summed E-state index contributed by atoms with van der Waals surface area (Å²) in [5, 5.41) is 23.0. The van der Waals surface area contributed by atoms with Crippen LogP contribution in [0, 0.1) is 29.6 Å². The highest BCUT2D eigenvalue weighted by Crippen LogP contribution is 2.25. The number of amides is 12. The third-order valence-corrected chi connectivity index (χ3v) is 19.7. The molecule has 0 bridgehead atoms. The molecule has 2 aliphatic heterocycles. The second kappa shape index (κ2) is 42.9. The summed E-state index contributed by atoms with van der Waals surface area (Å²) in [5.41, 5.74) is 1.30. The molecular weight excluding hydrogens is 1340 g/mol. The Morgan fingerprint density at radius 3 is 1.35 bits per heavy atom. The number of likely N-dealkylation sites (tertiary alicyclic amines) is 1. The number of hydrogen-bond donors (Lipinski definition) is 5. The van der Waals surface area contributed by atoms with Gasteiger partial charge in [0.15, 0.2) is 0 Å². The highest BCUT2D eigenvalue weighted by molar-refractivity contribution is 6.00. The standard InChI is InChI=1S/C78H127N13O14/c1-49(2)40-57-73(99)89(19)65(46-56-32-26-22-27-33-56)77(103)88(18)63(45-55-30-24-21-25-31-55)71(97)81-59(48-105-39-38-83(12)13)74(100)86(16)62(43-52(7)8)72(98)82-68(54(11)92)78(104)90(20)64(44-53(9)10)76(102)87(17)61(42-51(5)6)70(96)80-58(75(101)91-35-28-23-29-36-91)47-67(94)84(14)37-34-66(93)85(15)60(41-50(3)4)69(95)79-57/h21-22,24-27,30-33,49-54,57-65,68,92H,23,28-29,34-48H2,1-20H3,(H,79,95)(H,80,96)(H,81,97)(H,82,98)/t54-,57+,58+,59+,60+,61+,62+,63+,64+,65+,68+/m1/s1. The number of nitrogens with zero attached hydrogens (tertiary/aromatic N) is 9. The second-order valence-electron chi connectivity index (χ2n) is 31.3. The Balaban J connectivity index is 2.01. The molecule has 27 heteroatoms. The number of aliphatic hydroxyl groups excluding tert-OH is 1. The zero-order valence-electron chi connectivity index (χ0n) is 66.5. The lowest BCUT2D eigenvalue weighted by Crippen LogP contribution is -2.63. The van der Waals surface area contributed by atoms with Crippen LogP contribution in [0.1, 0.15) is 151 Å². The predicted molar refractivity (Wildman–Crippen MR) is 403 cm³/mol. The summed E-state index contributed by atoms with van der Waals surface area (Å²) >= 11 is 0. The number of piperidine rings is 1. The molecule has 2 saturated heterocycles. The van der Waals surface area contributed by atoms with Crippen molar-refractivity contribution in [3.05, 3.63) is 71.8 Å². The van der Waals surface area contributed by atoms with Crippen LogP contribution in [0.3, 0.4) is 0 Å². The SMILES string of the molecule is CC(C)C[C@@H]1NC(=O)[C@H](CC(C)C)N(C)C(=O)CCN(C)C(=O)C[C@@H](C(=O)N2CCCCC2)NC(=O)[C@H](CC(C)C)N(C)C(=O)[C@H](CC(C)C)N(C)C(=O)[C@H]([C@@H](C)O)NC(=O)[C@H](CC(C)C)N(C)C(=O)[C@H](COCCN(C)C)NC(=O)[C@H](Cc2ccccc2)N(C)C(=O)[C@H](Cc2ccccc2)N(C)C1=O. The number of hydrogen-bond acceptors (Lipinski definition) is 15. The van der Waals surface area contributed by atoms with Crippen LogP contribution in [-0.4, -0.2) is 289 Å². The molecule has 0 saturated carbocycles. The van der Waals surface area contributed by atoms with Crippen molar-refractivity contribution >= 4 is 70.9 Å². The van der Waals surface area contributed by atoms with E-state index < -0.39 is 150 Å². The van der Waals surface area contributed by atoms with Crippen LogP contribution in [0.25, 0.3) is 0 Å². The Labute approximate surface area is 624 Å². The summed E-state index contributed by atoms with van der Waals surface area (Å²) in [7, 11) is 13.7. The molecule has 11 atom stereocenters. The van der Waals surface area contributed by atoms with Gasteiger partial charge in [0, 0.05) is 94.8 Å². The number of likely N-dealkylation sites (N-methyl/N-ethyl adjacent to an activating group) is 7. The number of carbonyl (C=O) groups is 12. The van der Waals surface area contributed by atoms with E-state index in [-0.39, 0.29) is 94.1 Å². The highest BCUT2D eigenvalue weighted by atomic mass is 16.5. The van der Waals surface area contributed by atoms with Gasteiger partial charge < -0.3 is 75.2 Å². The van der Waals surface area contributed by atoms with Crippen LogP contribution in [-0.2, 0) is 75.1 Å². The van der Waals surface area contributed by atoms with Crippen molar-refractivity contribution in [1.82, 2.24) is 65.4 Å². The molecule has 0 spiro atoms. The van der Waals surface area contributed by atoms with Crippen molar-refractivity contribution in [2.45, 2.75) is 220 Å². The van der Waals surface area contributed by atoms with E-state index in [9.17, 15) is 24.3 Å². The lowest BCUT2D eigenvalue weighted by molar-refractivity contribution is -0.152. The van der Waals surface area contributed by atoms with Gasteiger partial charge in [-0.15, -0.1) is 0 Å². The summed E-state index contributed by atoms with van der Waals surface area (Å²) in [6, 6.07) is 4.34. The zero-order chi connectivity index (χ0) is 78.9. The Hall–Kier alpha value is -8.04. The van der Waals surface area contributed by atoms with Gasteiger partial charge >= 0.3 is 0 Å². The fourth-order valence-electron chi connectivity index (χ4n) is 13.3. The van der Waals surface area contributed by atoms with E-state index in [1.807, 2.05) is 94.3 Å². The van der Waals surface area contributed by atoms with Crippen molar-refractivity contribution in [1.29, 1.82) is 0 Å². The van der Waals surface area contributed by atoms with Gasteiger partial charge in [-0.25, -0.2) is 0 Å². The molecule has 0 radical (unpaired) electrons. The lowest BCUT2D eigenvalue weighted by atomic mass is 9.96. The van der Waals surface area contributed by atoms with E-state index in [0.29, 0.717) is 43.6 Å². The number of rotatable bonds is 21. The van der Waals surface area contributed by atoms with Crippen LogP contribution >= 0.6 is 0 Å². The fraction of sp³-hybridized carbons (Fsp3) is 0.692. The largest absolute Gasteiger partial charge is 0.391 e. The maximum Gasteiger partial charge on any atom is 0.248 e. The normalized spacial score (nSPS) is 24.7. The third-order valence-electron chi connectivity index (χ3n) is 19.7. The number of nitrogens with one attached hydrogen (secondary N) is 4. The minimum Gasteiger partial charge on any atom is -0.391 e. The van der Waals surface area contributed by atoms with Crippen molar-refractivity contribution in [2.75, 3.05) is 103 Å². The second-order valence-corrected chi connectivity index (χ2v) is 31.3. The monoisotopic (exact) mass is 1470 g/mol. The van der Waals surface area contributed by atoms with E-state index in [0.717, 1.165) is 16.2 Å². The van der Waals surface area contributed by atoms with Crippen molar-refractivity contribution in [3.63, 3.8) is 0 Å². The first-order valence-electron chi connectivity index (χ1n) is 37.6. The molecule has 105 heavy (non-hydrogen) atoms. The van der Waals surface area contributed by atoms with E-state index in [4.69, 9.17) is 4.74 Å². The van der Waals surface area contributed by atoms with Crippen molar-refractivity contribution < 1.29 is 67.4 Å². The number of aliphatic hydroxyl groups is 1. The molecule has 2 fully saturated rings. The molecule has 2 heterocycles. The van der Waals surface area contributed by atoms with Crippen LogP contribution in [0.2, 0.25) is 0 Å². The molecule has 0 unspecified atom stereocenters. The summed E-state index contributed by atoms with van der Waals surface area (Å²) in [5.74, 6) is -9.31. The molecule has 2 aromatic rings. The first-order valence-corrected chi connectivity index (χ1v) is 37.6. The van der Waals surface area contributed by atoms with Crippen LogP contribution < -0.4 is 21.3 Å². The summed E-state index contributed by atoms with van der Waals surface area (Å²) in [6.45, 7) is 20.6. The average Bonchev–Trinajstić information content (AvgIpc) is 0.814. The molecule has 2 aliphatic rings. The Morgan fingerprint density at radius 2 is 0.857 bits per heavy atom. The van der Waals surface area contributed by atoms with Gasteiger partial charge in [-0.05, 0) is 113 Å². The Kier molecular flexibility index (Phi) is 36.5. The Bertz CT molecular complexity index is 3180. The fourth-order valence-corrected chi connectivity index (χ4v) is 13.3. The van der Waals surface area contributed by atoms with Crippen LogP contribution in [0.4, 0.5) is 0 Å². The molecule has 12 amide bonds. The number of carbonyl (C=O) groups excluding carboxylic acids is 12. The minimum atomic E-state index is -1.70. The van der Waals surface area contributed by atoms with E-state index in [1.165, 1.54) is 80.8 Å². The van der Waals surface area contributed by atoms with Gasteiger partial charge in [0.25, 0.3) is 0 Å². The van der Waals surface area contributed by atoms with Gasteiger partial charge in [-0.3, -0.25) is 57.5 Å². The summed E-state index contributed by atoms with van der Waals surface area (Å²) in [4.78, 5) is 193. The smallest absolute Gasteiger partial charge is 0.248 e. The maximum absolute atomic E-state index is 15.8. The zero-order valence-corrected chi connectivity index (χ0v) is 66.5. The molecule has 2 aromatic carbocycles. The number of ether oxygens (including phenoxy) is 1. The quantitative estimate of drug-likeness (QED) is 0.111. The van der Waals surface area contributed by atoms with Gasteiger partial charge in [-0.1, -0.05) is 130 Å². The number of benzene rings is 2. The van der Waals surface area contributed by atoms with Crippen LogP contribution in [0.5, 0.6) is 0 Å². The van der Waals surface area contributed by atoms with E-state index in [1.54, 1.807) is 59.5 Å². The predicted octanol–water partition coefficient (Wildman–Crippen LogP) is 3.83. The minimum absolute atomic E-state index is 0.0144. The summed E-state index contributed by atoms with van der Waals surface area (Å²) in [6.07, 6.45) is 0.205. The van der Waals surface area contributed by atoms with Gasteiger partial charge in [0.1, 0.15) is 60.4 Å². The Morgan fingerprint density at radius 1 is 0.457 bits per heavy atom. The molecule has 0 aliphatic carbocycles. The molecular formula is C78H127N13O14. The van der Waals surface area contributed by atoms with E-state index >= 15 is 38.4 Å². The van der Waals surface area contributed by atoms with Crippen molar-refractivity contribution in [2.24, 2.45) is 29.6 Å². The van der Waals surface area contributed by atoms with Gasteiger partial charge in [0.2, 0.25) is 70.9 Å².